The molecule has 2 rings (SSSR count). The third-order valence-corrected chi connectivity index (χ3v) is 3.44. The van der Waals surface area contributed by atoms with Crippen LogP contribution in [0.4, 0.5) is 0 Å². The minimum absolute atomic E-state index is 0.346. The number of rotatable bonds is 4. The fourth-order valence-electron chi connectivity index (χ4n) is 2.42. The minimum Gasteiger partial charge on any atom is -0.468 e. The van der Waals surface area contributed by atoms with Gasteiger partial charge in [-0.25, -0.2) is 0 Å². The van der Waals surface area contributed by atoms with Crippen LogP contribution in [0.5, 0.6) is 0 Å². The number of esters is 1. The maximum Gasteiger partial charge on any atom is 0.322 e. The van der Waals surface area contributed by atoms with Crippen molar-refractivity contribution >= 4 is 5.97 Å². The molecule has 0 aromatic carbocycles. The average Bonchev–Trinajstić information content (AvgIpc) is 3.07. The molecule has 4 heteroatoms. The number of carbonyl (C=O) groups excluding carboxylic acids is 1. The fraction of sp³-hybridized carbons (Fsp3) is 0.615. The van der Waals surface area contributed by atoms with E-state index in [2.05, 4.69) is 29.2 Å². The highest BCUT2D eigenvalue weighted by atomic mass is 16.5. The third kappa shape index (κ3) is 2.36. The van der Waals surface area contributed by atoms with Crippen molar-refractivity contribution in [2.24, 2.45) is 5.73 Å². The van der Waals surface area contributed by atoms with Crippen molar-refractivity contribution in [1.82, 2.24) is 4.57 Å². The number of hydrogen-bond donors (Lipinski definition) is 1. The summed E-state index contributed by atoms with van der Waals surface area (Å²) in [5, 5.41) is 0. The lowest BCUT2D eigenvalue weighted by molar-refractivity contribution is -0.142. The minimum atomic E-state index is -0.562. The maximum absolute atomic E-state index is 11.3. The van der Waals surface area contributed by atoms with E-state index in [4.69, 9.17) is 5.73 Å². The van der Waals surface area contributed by atoms with Crippen LogP contribution in [0.2, 0.25) is 0 Å². The first-order chi connectivity index (χ1) is 8.04. The molecule has 0 aliphatic heterocycles. The SMILES string of the molecule is COC(=O)C(N)Cc1cc(C)n(C2CC2)c1C. The van der Waals surface area contributed by atoms with Crippen molar-refractivity contribution in [2.75, 3.05) is 7.11 Å². The molecule has 0 amide bonds. The summed E-state index contributed by atoms with van der Waals surface area (Å²) in [4.78, 5) is 11.3. The van der Waals surface area contributed by atoms with Crippen molar-refractivity contribution in [1.29, 1.82) is 0 Å². The van der Waals surface area contributed by atoms with Crippen LogP contribution in [-0.4, -0.2) is 23.7 Å². The molecule has 1 aromatic rings. The van der Waals surface area contributed by atoms with Crippen LogP contribution in [0.25, 0.3) is 0 Å². The van der Waals surface area contributed by atoms with Gasteiger partial charge in [-0.05, 0) is 44.7 Å². The van der Waals surface area contributed by atoms with E-state index in [1.807, 2.05) is 0 Å². The van der Waals surface area contributed by atoms with E-state index in [9.17, 15) is 4.79 Å². The van der Waals surface area contributed by atoms with E-state index in [0.717, 1.165) is 5.56 Å². The van der Waals surface area contributed by atoms with Crippen molar-refractivity contribution in [3.05, 3.63) is 23.0 Å². The monoisotopic (exact) mass is 236 g/mol. The molecule has 0 saturated heterocycles. The van der Waals surface area contributed by atoms with E-state index < -0.39 is 6.04 Å². The van der Waals surface area contributed by atoms with Crippen molar-refractivity contribution in [3.8, 4) is 0 Å². The van der Waals surface area contributed by atoms with E-state index in [0.29, 0.717) is 12.5 Å². The zero-order valence-electron chi connectivity index (χ0n) is 10.7. The van der Waals surface area contributed by atoms with Crippen molar-refractivity contribution in [2.45, 2.75) is 45.2 Å². The van der Waals surface area contributed by atoms with Gasteiger partial charge in [0.15, 0.2) is 0 Å². The summed E-state index contributed by atoms with van der Waals surface area (Å²) in [5.74, 6) is -0.346. The molecule has 1 heterocycles. The van der Waals surface area contributed by atoms with Crippen LogP contribution in [0.3, 0.4) is 0 Å². The highest BCUT2D eigenvalue weighted by molar-refractivity contribution is 5.75. The van der Waals surface area contributed by atoms with Crippen LogP contribution < -0.4 is 5.73 Å². The quantitative estimate of drug-likeness (QED) is 0.806. The van der Waals surface area contributed by atoms with Gasteiger partial charge < -0.3 is 15.0 Å². The van der Waals surface area contributed by atoms with Gasteiger partial charge in [0.25, 0.3) is 0 Å². The molecule has 1 aromatic heterocycles. The van der Waals surface area contributed by atoms with Crippen LogP contribution in [0, 0.1) is 13.8 Å². The lowest BCUT2D eigenvalue weighted by Gasteiger charge is -2.10. The first-order valence-electron chi connectivity index (χ1n) is 6.05. The summed E-state index contributed by atoms with van der Waals surface area (Å²) >= 11 is 0. The van der Waals surface area contributed by atoms with Crippen molar-refractivity contribution in [3.63, 3.8) is 0 Å². The Kier molecular flexibility index (Phi) is 3.24. The summed E-state index contributed by atoms with van der Waals surface area (Å²) in [7, 11) is 1.37. The third-order valence-electron chi connectivity index (χ3n) is 3.44. The number of methoxy groups -OCH3 is 1. The normalized spacial score (nSPS) is 16.9. The zero-order chi connectivity index (χ0) is 12.6. The Hall–Kier alpha value is -1.29. The Balaban J connectivity index is 2.16. The Bertz CT molecular complexity index is 433. The van der Waals surface area contributed by atoms with Gasteiger partial charge in [-0.2, -0.15) is 0 Å². The molecule has 1 fully saturated rings. The molecule has 0 spiro atoms. The molecular formula is C13H20N2O2. The second-order valence-electron chi connectivity index (χ2n) is 4.83. The number of nitrogens with zero attached hydrogens (tertiary/aromatic N) is 1. The summed E-state index contributed by atoms with van der Waals surface area (Å²) in [6, 6.07) is 2.24. The topological polar surface area (TPSA) is 57.2 Å². The molecule has 94 valence electrons. The molecule has 1 aliphatic rings. The fourth-order valence-corrected chi connectivity index (χ4v) is 2.42. The van der Waals surface area contributed by atoms with E-state index >= 15 is 0 Å². The molecule has 2 N–H and O–H groups in total. The van der Waals surface area contributed by atoms with Gasteiger partial charge in [-0.15, -0.1) is 0 Å². The molecule has 17 heavy (non-hydrogen) atoms. The van der Waals surface area contributed by atoms with Gasteiger partial charge in [-0.1, -0.05) is 0 Å². The molecular weight excluding hydrogens is 216 g/mol. The predicted molar refractivity (Wildman–Crippen MR) is 65.9 cm³/mol. The predicted octanol–water partition coefficient (Wildman–Crippen LogP) is 1.48. The number of nitrogens with two attached hydrogens (primary N) is 1. The van der Waals surface area contributed by atoms with Gasteiger partial charge >= 0.3 is 5.97 Å². The smallest absolute Gasteiger partial charge is 0.322 e. The second kappa shape index (κ2) is 4.53. The van der Waals surface area contributed by atoms with E-state index in [-0.39, 0.29) is 5.97 Å². The molecule has 0 bridgehead atoms. The van der Waals surface area contributed by atoms with Crippen LogP contribution in [-0.2, 0) is 16.0 Å². The number of aryl methyl sites for hydroxylation is 1. The van der Waals surface area contributed by atoms with Gasteiger partial charge in [0, 0.05) is 17.4 Å². The number of ether oxygens (including phenoxy) is 1. The molecule has 0 radical (unpaired) electrons. The van der Waals surface area contributed by atoms with Gasteiger partial charge in [0.1, 0.15) is 6.04 Å². The first kappa shape index (κ1) is 12.2. The second-order valence-corrected chi connectivity index (χ2v) is 4.83. The zero-order valence-corrected chi connectivity index (χ0v) is 10.7. The summed E-state index contributed by atoms with van der Waals surface area (Å²) in [6.07, 6.45) is 3.08. The number of carbonyl (C=O) groups is 1. The number of hydrogen-bond acceptors (Lipinski definition) is 3. The van der Waals surface area contributed by atoms with Crippen LogP contribution in [0.15, 0.2) is 6.07 Å². The lowest BCUT2D eigenvalue weighted by atomic mass is 10.1. The highest BCUT2D eigenvalue weighted by Crippen LogP contribution is 2.38. The summed E-state index contributed by atoms with van der Waals surface area (Å²) in [5.41, 5.74) is 9.46. The highest BCUT2D eigenvalue weighted by Gasteiger charge is 2.27. The van der Waals surface area contributed by atoms with E-state index in [1.54, 1.807) is 0 Å². The van der Waals surface area contributed by atoms with Crippen molar-refractivity contribution < 1.29 is 9.53 Å². The average molecular weight is 236 g/mol. The molecule has 1 aliphatic carbocycles. The van der Waals surface area contributed by atoms with Crippen LogP contribution >= 0.6 is 0 Å². The molecule has 1 saturated carbocycles. The van der Waals surface area contributed by atoms with E-state index in [1.165, 1.54) is 31.3 Å². The largest absolute Gasteiger partial charge is 0.468 e. The standard InChI is InChI=1S/C13H20N2O2/c1-8-6-10(7-12(14)13(16)17-3)9(2)15(8)11-4-5-11/h6,11-12H,4-5,7,14H2,1-3H3. The van der Waals surface area contributed by atoms with Gasteiger partial charge in [0.05, 0.1) is 7.11 Å². The summed E-state index contributed by atoms with van der Waals surface area (Å²) in [6.45, 7) is 4.21. The lowest BCUT2D eigenvalue weighted by Crippen LogP contribution is -2.33. The molecule has 1 unspecified atom stereocenters. The first-order valence-corrected chi connectivity index (χ1v) is 6.05. The Labute approximate surface area is 102 Å². The Morgan fingerprint density at radius 1 is 1.59 bits per heavy atom. The maximum atomic E-state index is 11.3. The van der Waals surface area contributed by atoms with Crippen LogP contribution in [0.1, 0.15) is 35.8 Å². The number of aromatic nitrogens is 1. The Morgan fingerprint density at radius 2 is 2.24 bits per heavy atom. The van der Waals surface area contributed by atoms with Gasteiger partial charge in [-0.3, -0.25) is 4.79 Å². The van der Waals surface area contributed by atoms with Gasteiger partial charge in [0.2, 0.25) is 0 Å². The molecule has 4 nitrogen and oxygen atoms in total. The Morgan fingerprint density at radius 3 is 2.76 bits per heavy atom. The summed E-state index contributed by atoms with van der Waals surface area (Å²) < 4.78 is 7.01. The molecule has 1 atom stereocenters.